The quantitative estimate of drug-likeness (QED) is 0.487. The minimum absolute atomic E-state index is 0.0550. The van der Waals surface area contributed by atoms with Crippen LogP contribution in [0.1, 0.15) is 61.5 Å². The minimum atomic E-state index is 0.0550. The van der Waals surface area contributed by atoms with Crippen molar-refractivity contribution in [2.24, 2.45) is 0 Å². The molecule has 5 rings (SSSR count). The number of carbonyl (C=O) groups is 1. The molecule has 8 nitrogen and oxygen atoms in total. The molecule has 1 saturated carbocycles. The van der Waals surface area contributed by atoms with Crippen molar-refractivity contribution in [3.63, 3.8) is 0 Å². The molecule has 0 bridgehead atoms. The van der Waals surface area contributed by atoms with E-state index in [1.165, 1.54) is 12.8 Å². The van der Waals surface area contributed by atoms with Crippen molar-refractivity contribution in [3.8, 4) is 17.4 Å². The van der Waals surface area contributed by atoms with E-state index in [2.05, 4.69) is 42.0 Å². The van der Waals surface area contributed by atoms with Crippen molar-refractivity contribution in [3.05, 3.63) is 59.1 Å². The van der Waals surface area contributed by atoms with Crippen molar-refractivity contribution >= 4 is 18.6 Å². The third-order valence-corrected chi connectivity index (χ3v) is 7.13. The molecule has 3 aromatic rings. The largest absolute Gasteiger partial charge is 0.454 e. The highest BCUT2D eigenvalue weighted by Crippen LogP contribution is 2.42. The van der Waals surface area contributed by atoms with E-state index in [0.717, 1.165) is 49.9 Å². The van der Waals surface area contributed by atoms with Gasteiger partial charge in [0.25, 0.3) is 11.9 Å². The van der Waals surface area contributed by atoms with Gasteiger partial charge in [0.05, 0.1) is 17.5 Å². The van der Waals surface area contributed by atoms with Crippen molar-refractivity contribution in [1.29, 1.82) is 0 Å². The first-order valence-corrected chi connectivity index (χ1v) is 12.9. The summed E-state index contributed by atoms with van der Waals surface area (Å²) >= 11 is 0. The smallest absolute Gasteiger partial charge is 0.257 e. The van der Waals surface area contributed by atoms with E-state index in [-0.39, 0.29) is 5.91 Å². The van der Waals surface area contributed by atoms with Crippen molar-refractivity contribution in [2.75, 3.05) is 26.2 Å². The van der Waals surface area contributed by atoms with Gasteiger partial charge in [0.1, 0.15) is 11.1 Å². The van der Waals surface area contributed by atoms with E-state index < -0.39 is 0 Å². The van der Waals surface area contributed by atoms with Gasteiger partial charge in [-0.15, -0.1) is 0 Å². The van der Waals surface area contributed by atoms with Gasteiger partial charge in [-0.05, 0) is 44.4 Å². The average Bonchev–Trinajstić information content (AvgIpc) is 3.53. The molecule has 1 aliphatic carbocycles. The zero-order valence-corrected chi connectivity index (χ0v) is 21.2. The summed E-state index contributed by atoms with van der Waals surface area (Å²) in [5, 5.41) is 5.35. The number of hydrogen-bond acceptors (Lipinski definition) is 6. The van der Waals surface area contributed by atoms with E-state index in [4.69, 9.17) is 9.40 Å². The fourth-order valence-electron chi connectivity index (χ4n) is 4.97. The van der Waals surface area contributed by atoms with Gasteiger partial charge in [-0.3, -0.25) is 9.69 Å². The lowest BCUT2D eigenvalue weighted by molar-refractivity contribution is 0.0574. The summed E-state index contributed by atoms with van der Waals surface area (Å²) in [4.78, 5) is 27.2. The Bertz CT molecular complexity index is 1360. The molecule has 4 heterocycles. The average molecular weight is 487 g/mol. The number of furan rings is 1. The van der Waals surface area contributed by atoms with Crippen LogP contribution in [0.2, 0.25) is 0 Å². The Kier molecular flexibility index (Phi) is 6.87. The fraction of sp³-hybridized carbons (Fsp3) is 0.429. The van der Waals surface area contributed by atoms with Gasteiger partial charge in [0.15, 0.2) is 5.76 Å². The Hall–Kier alpha value is -3.52. The number of allylic oxidation sites excluding steroid dienone is 1. The monoisotopic (exact) mass is 486 g/mol. The lowest BCUT2D eigenvalue weighted by Crippen LogP contribution is -2.51. The van der Waals surface area contributed by atoms with Crippen LogP contribution in [0.15, 0.2) is 41.6 Å². The van der Waals surface area contributed by atoms with Gasteiger partial charge in [-0.2, -0.15) is 5.10 Å². The molecule has 2 aliphatic rings. The minimum Gasteiger partial charge on any atom is -0.454 e. The van der Waals surface area contributed by atoms with E-state index >= 15 is 0 Å². The highest BCUT2D eigenvalue weighted by molar-refractivity contribution is 5.95. The Balaban J connectivity index is 1.41. The molecule has 8 heteroatoms. The molecule has 36 heavy (non-hydrogen) atoms. The molecule has 2 fully saturated rings. The van der Waals surface area contributed by atoms with E-state index in [1.54, 1.807) is 35.3 Å². The van der Waals surface area contributed by atoms with Gasteiger partial charge in [0.2, 0.25) is 0 Å². The van der Waals surface area contributed by atoms with E-state index in [9.17, 15) is 4.79 Å². The van der Waals surface area contributed by atoms with Gasteiger partial charge in [-0.25, -0.2) is 14.6 Å². The van der Waals surface area contributed by atoms with E-state index in [1.807, 2.05) is 11.0 Å². The summed E-state index contributed by atoms with van der Waals surface area (Å²) < 4.78 is 7.65. The van der Waals surface area contributed by atoms with Crippen molar-refractivity contribution in [2.45, 2.75) is 51.5 Å². The highest BCUT2D eigenvalue weighted by Gasteiger charge is 2.35. The zero-order valence-electron chi connectivity index (χ0n) is 21.2. The lowest BCUT2D eigenvalue weighted by atomic mass is 10.1. The SMILES string of the molecule is C=C/C=c1/oc(-c2ccnc(-n3ncc(C(=O)N4CCN(C(C)CCC)CC4)c3C3CC3)n2)cc1=C. The molecule has 1 aliphatic heterocycles. The molecule has 1 atom stereocenters. The number of rotatable bonds is 8. The molecule has 3 aromatic heterocycles. The summed E-state index contributed by atoms with van der Waals surface area (Å²) in [5.41, 5.74) is 2.87. The predicted molar refractivity (Wildman–Crippen MR) is 140 cm³/mol. The van der Waals surface area contributed by atoms with Gasteiger partial charge < -0.3 is 9.32 Å². The second-order valence-electron chi connectivity index (χ2n) is 9.74. The van der Waals surface area contributed by atoms with Crippen LogP contribution < -0.4 is 10.6 Å². The second kappa shape index (κ2) is 10.2. The number of nitrogens with zero attached hydrogens (tertiary/aromatic N) is 6. The standard InChI is InChI=1S/C28H34N6O2/c1-5-7-20(4)32-13-15-33(16-14-32)27(35)22-18-30-34(26(22)21-9-10-21)28-29-12-11-23(31-28)25-17-19(3)24(36-25)8-6-2/h6,8,11-12,17-18,20-21H,2-3,5,7,9-10,13-16H2,1,4H3/b24-8+. The Morgan fingerprint density at radius 3 is 2.75 bits per heavy atom. The van der Waals surface area contributed by atoms with Crippen molar-refractivity contribution in [1.82, 2.24) is 29.5 Å². The van der Waals surface area contributed by atoms with Crippen LogP contribution in [0.5, 0.6) is 0 Å². The maximum atomic E-state index is 13.6. The van der Waals surface area contributed by atoms with Crippen LogP contribution in [0.4, 0.5) is 0 Å². The number of piperazine rings is 1. The highest BCUT2D eigenvalue weighted by atomic mass is 16.3. The Morgan fingerprint density at radius 2 is 2.06 bits per heavy atom. The fourth-order valence-corrected chi connectivity index (χ4v) is 4.97. The van der Waals surface area contributed by atoms with E-state index in [0.29, 0.717) is 40.3 Å². The number of carbonyl (C=O) groups excluding carboxylic acids is 1. The predicted octanol–water partition coefficient (Wildman–Crippen LogP) is 3.12. The first kappa shape index (κ1) is 24.2. The van der Waals surface area contributed by atoms with Gasteiger partial charge in [0, 0.05) is 49.6 Å². The normalized spacial score (nSPS) is 17.9. The Morgan fingerprint density at radius 1 is 1.28 bits per heavy atom. The van der Waals surface area contributed by atoms with Gasteiger partial charge in [-0.1, -0.05) is 32.6 Å². The number of hydrogen-bond donors (Lipinski definition) is 0. The van der Waals surface area contributed by atoms with Crippen LogP contribution in [0, 0.1) is 0 Å². The molecular weight excluding hydrogens is 452 g/mol. The molecule has 1 saturated heterocycles. The third kappa shape index (κ3) is 4.78. The second-order valence-corrected chi connectivity index (χ2v) is 9.74. The van der Waals surface area contributed by atoms with Crippen LogP contribution in [0.3, 0.4) is 0 Å². The maximum Gasteiger partial charge on any atom is 0.257 e. The summed E-state index contributed by atoms with van der Waals surface area (Å²) in [7, 11) is 0. The first-order chi connectivity index (χ1) is 17.5. The number of aromatic nitrogens is 4. The molecule has 188 valence electrons. The molecule has 1 unspecified atom stereocenters. The summed E-state index contributed by atoms with van der Waals surface area (Å²) in [6.45, 7) is 15.5. The molecule has 0 radical (unpaired) electrons. The van der Waals surface area contributed by atoms with Gasteiger partial charge >= 0.3 is 0 Å². The molecule has 0 N–H and O–H groups in total. The summed E-state index contributed by atoms with van der Waals surface area (Å²) in [6.07, 6.45) is 11.3. The summed E-state index contributed by atoms with van der Waals surface area (Å²) in [6, 6.07) is 4.20. The van der Waals surface area contributed by atoms with Crippen LogP contribution >= 0.6 is 0 Å². The topological polar surface area (TPSA) is 80.3 Å². The lowest BCUT2D eigenvalue weighted by Gasteiger charge is -2.38. The first-order valence-electron chi connectivity index (χ1n) is 12.9. The zero-order chi connectivity index (χ0) is 25.2. The molecule has 1 amide bonds. The maximum absolute atomic E-state index is 13.6. The molecule has 0 spiro atoms. The number of amides is 1. The molecule has 0 aromatic carbocycles. The third-order valence-electron chi connectivity index (χ3n) is 7.13. The van der Waals surface area contributed by atoms with Crippen LogP contribution in [-0.2, 0) is 0 Å². The molecular formula is C28H34N6O2. The van der Waals surface area contributed by atoms with Crippen LogP contribution in [0.25, 0.3) is 30.1 Å². The summed E-state index contributed by atoms with van der Waals surface area (Å²) in [5.74, 6) is 1.39. The van der Waals surface area contributed by atoms with Crippen molar-refractivity contribution < 1.29 is 9.21 Å². The van der Waals surface area contributed by atoms with Crippen LogP contribution in [-0.4, -0.2) is 67.7 Å². The Labute approximate surface area is 211 Å².